The van der Waals surface area contributed by atoms with Crippen molar-refractivity contribution in [1.82, 2.24) is 9.88 Å². The molecule has 2 heterocycles. The summed E-state index contributed by atoms with van der Waals surface area (Å²) in [5.74, 6) is -1.15. The van der Waals surface area contributed by atoms with Crippen molar-refractivity contribution >= 4 is 11.6 Å². The first-order valence-corrected chi connectivity index (χ1v) is 6.65. The van der Waals surface area contributed by atoms with Crippen molar-refractivity contribution in [2.24, 2.45) is 5.92 Å². The molecule has 2 rings (SSSR count). The van der Waals surface area contributed by atoms with Crippen LogP contribution in [-0.4, -0.2) is 29.1 Å². The fourth-order valence-electron chi connectivity index (χ4n) is 2.39. The summed E-state index contributed by atoms with van der Waals surface area (Å²) in [6.07, 6.45) is -3.68. The van der Waals surface area contributed by atoms with E-state index in [1.54, 1.807) is 6.07 Å². The van der Waals surface area contributed by atoms with Gasteiger partial charge in [-0.25, -0.2) is 4.98 Å². The molecule has 19 heavy (non-hydrogen) atoms. The van der Waals surface area contributed by atoms with Crippen LogP contribution in [-0.2, 0) is 6.54 Å². The second-order valence-corrected chi connectivity index (χ2v) is 5.36. The zero-order valence-corrected chi connectivity index (χ0v) is 11.4. The number of alkyl halides is 3. The predicted molar refractivity (Wildman–Crippen MR) is 68.0 cm³/mol. The van der Waals surface area contributed by atoms with Gasteiger partial charge in [0.2, 0.25) is 0 Å². The molecule has 0 saturated carbocycles. The number of rotatable bonds is 2. The van der Waals surface area contributed by atoms with E-state index in [0.717, 1.165) is 11.3 Å². The number of hydrogen-bond acceptors (Lipinski definition) is 2. The van der Waals surface area contributed by atoms with E-state index in [0.29, 0.717) is 24.8 Å². The highest BCUT2D eigenvalue weighted by Crippen LogP contribution is 2.34. The van der Waals surface area contributed by atoms with Gasteiger partial charge in [-0.1, -0.05) is 17.7 Å². The molecular weight excluding hydrogens is 277 g/mol. The molecule has 0 amide bonds. The Morgan fingerprint density at radius 3 is 2.47 bits per heavy atom. The molecule has 6 heteroatoms. The zero-order chi connectivity index (χ0) is 14.0. The number of nitrogens with zero attached hydrogens (tertiary/aromatic N) is 2. The second kappa shape index (κ2) is 5.67. The molecule has 1 aliphatic rings. The fourth-order valence-corrected chi connectivity index (χ4v) is 2.58. The molecule has 1 saturated heterocycles. The van der Waals surface area contributed by atoms with E-state index in [4.69, 9.17) is 11.6 Å². The van der Waals surface area contributed by atoms with E-state index in [9.17, 15) is 13.2 Å². The monoisotopic (exact) mass is 292 g/mol. The topological polar surface area (TPSA) is 16.1 Å². The van der Waals surface area contributed by atoms with Crippen LogP contribution in [0.5, 0.6) is 0 Å². The van der Waals surface area contributed by atoms with Gasteiger partial charge in [0.1, 0.15) is 5.15 Å². The molecule has 1 aromatic rings. The van der Waals surface area contributed by atoms with E-state index in [-0.39, 0.29) is 12.8 Å². The Balaban J connectivity index is 1.92. The molecule has 0 spiro atoms. The SMILES string of the molecule is Cc1nc(Cl)ccc1CN1CCC(C(F)(F)F)CC1. The van der Waals surface area contributed by atoms with Gasteiger partial charge in [0, 0.05) is 12.2 Å². The third-order valence-electron chi connectivity index (χ3n) is 3.61. The van der Waals surface area contributed by atoms with Crippen LogP contribution in [0.25, 0.3) is 0 Å². The highest BCUT2D eigenvalue weighted by molar-refractivity contribution is 6.29. The number of aromatic nitrogens is 1. The Hall–Kier alpha value is -0.810. The average molecular weight is 293 g/mol. The van der Waals surface area contributed by atoms with Crippen LogP contribution in [0.1, 0.15) is 24.1 Å². The van der Waals surface area contributed by atoms with Gasteiger partial charge in [0.05, 0.1) is 5.92 Å². The maximum absolute atomic E-state index is 12.6. The lowest BCUT2D eigenvalue weighted by atomic mass is 9.96. The third kappa shape index (κ3) is 3.83. The third-order valence-corrected chi connectivity index (χ3v) is 3.82. The van der Waals surface area contributed by atoms with Crippen LogP contribution < -0.4 is 0 Å². The summed E-state index contributed by atoms with van der Waals surface area (Å²) in [6.45, 7) is 3.46. The molecule has 106 valence electrons. The number of pyridine rings is 1. The van der Waals surface area contributed by atoms with Crippen molar-refractivity contribution in [3.8, 4) is 0 Å². The Bertz CT molecular complexity index is 440. The minimum absolute atomic E-state index is 0.184. The van der Waals surface area contributed by atoms with E-state index in [1.165, 1.54) is 0 Å². The van der Waals surface area contributed by atoms with Gasteiger partial charge >= 0.3 is 6.18 Å². The lowest BCUT2D eigenvalue weighted by Crippen LogP contribution is -2.38. The number of hydrogen-bond donors (Lipinski definition) is 0. The predicted octanol–water partition coefficient (Wildman–Crippen LogP) is 3.82. The smallest absolute Gasteiger partial charge is 0.299 e. The van der Waals surface area contributed by atoms with Crippen molar-refractivity contribution in [3.63, 3.8) is 0 Å². The van der Waals surface area contributed by atoms with Crippen LogP contribution in [0.3, 0.4) is 0 Å². The van der Waals surface area contributed by atoms with Crippen molar-refractivity contribution in [2.75, 3.05) is 13.1 Å². The lowest BCUT2D eigenvalue weighted by molar-refractivity contribution is -0.185. The summed E-state index contributed by atoms with van der Waals surface area (Å²) in [7, 11) is 0. The summed E-state index contributed by atoms with van der Waals surface area (Å²) in [4.78, 5) is 6.19. The first-order chi connectivity index (χ1) is 8.86. The van der Waals surface area contributed by atoms with Crippen LogP contribution in [0.15, 0.2) is 12.1 Å². The maximum atomic E-state index is 12.6. The van der Waals surface area contributed by atoms with E-state index >= 15 is 0 Å². The molecule has 1 fully saturated rings. The summed E-state index contributed by atoms with van der Waals surface area (Å²) < 4.78 is 37.7. The average Bonchev–Trinajstić information content (AvgIpc) is 2.32. The molecule has 1 aliphatic heterocycles. The van der Waals surface area contributed by atoms with Gasteiger partial charge in [-0.15, -0.1) is 0 Å². The summed E-state index contributed by atoms with van der Waals surface area (Å²) >= 11 is 5.78. The second-order valence-electron chi connectivity index (χ2n) is 4.97. The standard InChI is InChI=1S/C13H16ClF3N2/c1-9-10(2-3-12(14)18-9)8-19-6-4-11(5-7-19)13(15,16)17/h2-3,11H,4-8H2,1H3. The van der Waals surface area contributed by atoms with Crippen LogP contribution >= 0.6 is 11.6 Å². The van der Waals surface area contributed by atoms with Crippen LogP contribution in [0, 0.1) is 12.8 Å². The van der Waals surface area contributed by atoms with E-state index in [2.05, 4.69) is 4.98 Å². The Kier molecular flexibility index (Phi) is 4.36. The molecular formula is C13H16ClF3N2. The van der Waals surface area contributed by atoms with Crippen LogP contribution in [0.2, 0.25) is 5.15 Å². The van der Waals surface area contributed by atoms with Crippen molar-refractivity contribution in [1.29, 1.82) is 0 Å². The number of aryl methyl sites for hydroxylation is 1. The number of piperidine rings is 1. The largest absolute Gasteiger partial charge is 0.391 e. The van der Waals surface area contributed by atoms with Crippen molar-refractivity contribution in [3.05, 3.63) is 28.5 Å². The normalized spacial score (nSPS) is 18.8. The summed E-state index contributed by atoms with van der Waals surface area (Å²) in [5, 5.41) is 0.442. The Labute approximate surface area is 115 Å². The number of halogens is 4. The Morgan fingerprint density at radius 1 is 1.32 bits per heavy atom. The fraction of sp³-hybridized carbons (Fsp3) is 0.615. The Morgan fingerprint density at radius 2 is 1.95 bits per heavy atom. The molecule has 0 aliphatic carbocycles. The van der Waals surface area contributed by atoms with Crippen molar-refractivity contribution in [2.45, 2.75) is 32.5 Å². The van der Waals surface area contributed by atoms with Gasteiger partial charge in [-0.2, -0.15) is 13.2 Å². The molecule has 2 nitrogen and oxygen atoms in total. The molecule has 0 aromatic carbocycles. The summed E-state index contributed by atoms with van der Waals surface area (Å²) in [5.41, 5.74) is 1.86. The molecule has 0 radical (unpaired) electrons. The first-order valence-electron chi connectivity index (χ1n) is 6.27. The highest BCUT2D eigenvalue weighted by Gasteiger charge is 2.40. The molecule has 1 aromatic heterocycles. The highest BCUT2D eigenvalue weighted by atomic mass is 35.5. The first kappa shape index (κ1) is 14.6. The van der Waals surface area contributed by atoms with E-state index in [1.807, 2.05) is 17.9 Å². The lowest BCUT2D eigenvalue weighted by Gasteiger charge is -2.33. The minimum atomic E-state index is -4.05. The molecule has 0 atom stereocenters. The molecule has 0 bridgehead atoms. The van der Waals surface area contributed by atoms with Crippen LogP contribution in [0.4, 0.5) is 13.2 Å². The summed E-state index contributed by atoms with van der Waals surface area (Å²) in [6, 6.07) is 3.60. The van der Waals surface area contributed by atoms with Gasteiger partial charge in [-0.3, -0.25) is 4.90 Å². The minimum Gasteiger partial charge on any atom is -0.299 e. The van der Waals surface area contributed by atoms with Crippen molar-refractivity contribution < 1.29 is 13.2 Å². The molecule has 0 N–H and O–H groups in total. The van der Waals surface area contributed by atoms with Gasteiger partial charge in [-0.05, 0) is 44.5 Å². The maximum Gasteiger partial charge on any atom is 0.391 e. The number of likely N-dealkylation sites (tertiary alicyclic amines) is 1. The van der Waals surface area contributed by atoms with Gasteiger partial charge in [0.25, 0.3) is 0 Å². The quantitative estimate of drug-likeness (QED) is 0.771. The van der Waals surface area contributed by atoms with Gasteiger partial charge in [0.15, 0.2) is 0 Å². The zero-order valence-electron chi connectivity index (χ0n) is 10.7. The molecule has 0 unspecified atom stereocenters. The van der Waals surface area contributed by atoms with Gasteiger partial charge < -0.3 is 0 Å². The van der Waals surface area contributed by atoms with E-state index < -0.39 is 12.1 Å².